The minimum Gasteiger partial charge on any atom is -0.460 e. The number of nitrogens with one attached hydrogen (secondary N) is 1. The van der Waals surface area contributed by atoms with Crippen molar-refractivity contribution >= 4 is 29.2 Å². The number of rotatable bonds is 27. The molecule has 0 bridgehead atoms. The molecule has 13 nitrogen and oxygen atoms in total. The van der Waals surface area contributed by atoms with Crippen LogP contribution in [0.3, 0.4) is 0 Å². The fraction of sp³-hybridized carbons (Fsp3) is 0.500. The van der Waals surface area contributed by atoms with Crippen molar-refractivity contribution in [3.05, 3.63) is 71.8 Å². The van der Waals surface area contributed by atoms with E-state index in [4.69, 9.17) is 37.9 Å². The summed E-state index contributed by atoms with van der Waals surface area (Å²) in [7, 11) is 0. The lowest BCUT2D eigenvalue weighted by atomic mass is 10.1. The molecule has 0 spiro atoms. The molecule has 3 rings (SSSR count). The normalized spacial score (nSPS) is 13.0. The predicted octanol–water partition coefficient (Wildman–Crippen LogP) is 3.65. The number of alkyl halides is 3. The summed E-state index contributed by atoms with van der Waals surface area (Å²) in [5, 5.41) is 2.85. The topological polar surface area (TPSA) is 140 Å². The minimum atomic E-state index is -4.48. The van der Waals surface area contributed by atoms with E-state index in [0.717, 1.165) is 17.0 Å². The first-order chi connectivity index (χ1) is 24.3. The first kappa shape index (κ1) is 40.5. The van der Waals surface area contributed by atoms with Gasteiger partial charge in [0, 0.05) is 17.8 Å². The number of esters is 1. The number of nitrogens with zero attached hydrogens (tertiary/aromatic N) is 1. The van der Waals surface area contributed by atoms with E-state index in [0.29, 0.717) is 78.4 Å². The number of amides is 2. The van der Waals surface area contributed by atoms with Gasteiger partial charge in [-0.05, 0) is 30.3 Å². The molecule has 1 aliphatic heterocycles. The Kier molecular flexibility index (Phi) is 19.0. The second-order valence-corrected chi connectivity index (χ2v) is 10.3. The zero-order valence-electron chi connectivity index (χ0n) is 27.7. The fourth-order valence-corrected chi connectivity index (χ4v) is 4.20. The van der Waals surface area contributed by atoms with Gasteiger partial charge in [-0.3, -0.25) is 14.5 Å². The Morgan fingerprint density at radius 3 is 1.56 bits per heavy atom. The van der Waals surface area contributed by atoms with Crippen molar-refractivity contribution in [3.63, 3.8) is 0 Å². The molecule has 50 heavy (non-hydrogen) atoms. The Bertz CT molecular complexity index is 1330. The molecule has 0 aliphatic carbocycles. The maximum Gasteiger partial charge on any atom is 0.416 e. The van der Waals surface area contributed by atoms with Gasteiger partial charge in [0.05, 0.1) is 116 Å². The molecule has 0 saturated heterocycles. The van der Waals surface area contributed by atoms with Gasteiger partial charge in [0.15, 0.2) is 0 Å². The fourth-order valence-electron chi connectivity index (χ4n) is 4.20. The molecule has 1 aliphatic rings. The molecular weight excluding hydrogens is 669 g/mol. The number of carbonyl (C=O) groups excluding carboxylic acids is 3. The average molecular weight is 713 g/mol. The number of benzene rings is 2. The van der Waals surface area contributed by atoms with Crippen molar-refractivity contribution in [2.24, 2.45) is 0 Å². The lowest BCUT2D eigenvalue weighted by molar-refractivity contribution is -0.138. The zero-order valence-corrected chi connectivity index (χ0v) is 27.7. The third-order valence-corrected chi connectivity index (χ3v) is 6.67. The zero-order chi connectivity index (χ0) is 35.9. The molecular formula is C34H43F3N2O11. The molecule has 0 fully saturated rings. The van der Waals surface area contributed by atoms with Gasteiger partial charge < -0.3 is 43.2 Å². The lowest BCUT2D eigenvalue weighted by Gasteiger charge is -2.13. The maximum atomic E-state index is 13.0. The van der Waals surface area contributed by atoms with Crippen LogP contribution in [0.1, 0.15) is 15.9 Å². The second kappa shape index (κ2) is 23.5. The standard InChI is InChI=1S/C34H43F3N2O11/c35-34(36,37)27-4-3-5-28(26-27)38-30-7-2-1-6-29(30)33(42)50-25-24-49-23-22-48-21-20-47-19-18-46-17-16-45-15-14-44-13-12-43-11-10-39-31(40)8-9-32(39)41/h1-9,26,38H,10-25H2. The van der Waals surface area contributed by atoms with Crippen LogP contribution in [0.25, 0.3) is 0 Å². The maximum absolute atomic E-state index is 13.0. The first-order valence-electron chi connectivity index (χ1n) is 16.0. The molecule has 0 saturated carbocycles. The van der Waals surface area contributed by atoms with Crippen molar-refractivity contribution in [3.8, 4) is 0 Å². The van der Waals surface area contributed by atoms with Crippen LogP contribution < -0.4 is 5.32 Å². The summed E-state index contributed by atoms with van der Waals surface area (Å²) in [5.74, 6) is -1.29. The summed E-state index contributed by atoms with van der Waals surface area (Å²) in [6.45, 7) is 5.18. The van der Waals surface area contributed by atoms with Gasteiger partial charge in [0.25, 0.3) is 11.8 Å². The van der Waals surface area contributed by atoms with Crippen molar-refractivity contribution in [1.29, 1.82) is 0 Å². The number of ether oxygens (including phenoxy) is 8. The monoisotopic (exact) mass is 712 g/mol. The Balaban J connectivity index is 1.06. The molecule has 16 heteroatoms. The summed E-state index contributed by atoms with van der Waals surface area (Å²) < 4.78 is 82.2. The van der Waals surface area contributed by atoms with Gasteiger partial charge in [-0.2, -0.15) is 13.2 Å². The molecule has 2 amide bonds. The number of hydrogen-bond donors (Lipinski definition) is 1. The van der Waals surface area contributed by atoms with Crippen molar-refractivity contribution < 1.29 is 65.4 Å². The SMILES string of the molecule is O=C(OCCOCCOCCOCCOCCOCCOCCOCCN1C(=O)C=CC1=O)c1ccccc1Nc1cccc(C(F)(F)F)c1. The van der Waals surface area contributed by atoms with E-state index in [2.05, 4.69) is 5.32 Å². The number of halogens is 3. The van der Waals surface area contributed by atoms with Gasteiger partial charge in [-0.25, -0.2) is 4.79 Å². The van der Waals surface area contributed by atoms with E-state index in [1.807, 2.05) is 0 Å². The molecule has 2 aromatic carbocycles. The Labute approximate surface area is 288 Å². The predicted molar refractivity (Wildman–Crippen MR) is 173 cm³/mol. The van der Waals surface area contributed by atoms with Crippen LogP contribution in [-0.4, -0.2) is 128 Å². The van der Waals surface area contributed by atoms with Crippen LogP contribution in [-0.2, 0) is 53.7 Å². The number of anilines is 2. The molecule has 1 N–H and O–H groups in total. The van der Waals surface area contributed by atoms with Crippen LogP contribution in [0.2, 0.25) is 0 Å². The number of para-hydroxylation sites is 1. The molecule has 0 radical (unpaired) electrons. The molecule has 2 aromatic rings. The van der Waals surface area contributed by atoms with Crippen LogP contribution in [0, 0.1) is 0 Å². The average Bonchev–Trinajstić information content (AvgIpc) is 3.42. The number of imide groups is 1. The lowest BCUT2D eigenvalue weighted by Crippen LogP contribution is -2.33. The number of hydrogen-bond acceptors (Lipinski definition) is 12. The number of carbonyl (C=O) groups is 3. The third-order valence-electron chi connectivity index (χ3n) is 6.67. The Morgan fingerprint density at radius 2 is 1.06 bits per heavy atom. The summed E-state index contributed by atoms with van der Waals surface area (Å²) >= 11 is 0. The van der Waals surface area contributed by atoms with E-state index in [1.54, 1.807) is 18.2 Å². The van der Waals surface area contributed by atoms with Crippen LogP contribution in [0.5, 0.6) is 0 Å². The highest BCUT2D eigenvalue weighted by Gasteiger charge is 2.30. The quantitative estimate of drug-likeness (QED) is 0.0822. The highest BCUT2D eigenvalue weighted by Crippen LogP contribution is 2.32. The summed E-state index contributed by atoms with van der Waals surface area (Å²) in [5.41, 5.74) is -0.118. The van der Waals surface area contributed by atoms with Gasteiger partial charge >= 0.3 is 12.1 Å². The third kappa shape index (κ3) is 16.2. The summed E-state index contributed by atoms with van der Waals surface area (Å²) in [6, 6.07) is 11.1. The van der Waals surface area contributed by atoms with Crippen LogP contribution in [0.15, 0.2) is 60.7 Å². The summed E-state index contributed by atoms with van der Waals surface area (Å²) in [6.07, 6.45) is -2.01. The van der Waals surface area contributed by atoms with E-state index < -0.39 is 17.7 Å². The summed E-state index contributed by atoms with van der Waals surface area (Å²) in [4.78, 5) is 36.5. The molecule has 276 valence electrons. The van der Waals surface area contributed by atoms with Gasteiger partial charge in [0.2, 0.25) is 0 Å². The highest BCUT2D eigenvalue weighted by atomic mass is 19.4. The van der Waals surface area contributed by atoms with Crippen LogP contribution >= 0.6 is 0 Å². The Hall–Kier alpha value is -3.90. The molecule has 1 heterocycles. The Morgan fingerprint density at radius 1 is 0.600 bits per heavy atom. The molecule has 0 aromatic heterocycles. The molecule has 0 unspecified atom stereocenters. The van der Waals surface area contributed by atoms with Gasteiger partial charge in [0.1, 0.15) is 6.61 Å². The van der Waals surface area contributed by atoms with Gasteiger partial charge in [-0.1, -0.05) is 18.2 Å². The van der Waals surface area contributed by atoms with Crippen LogP contribution in [0.4, 0.5) is 24.5 Å². The van der Waals surface area contributed by atoms with Gasteiger partial charge in [-0.15, -0.1) is 0 Å². The van der Waals surface area contributed by atoms with Crippen molar-refractivity contribution in [1.82, 2.24) is 4.90 Å². The minimum absolute atomic E-state index is 0.0111. The van der Waals surface area contributed by atoms with Crippen molar-refractivity contribution in [2.45, 2.75) is 6.18 Å². The van der Waals surface area contributed by atoms with Crippen molar-refractivity contribution in [2.75, 3.05) is 111 Å². The van der Waals surface area contributed by atoms with E-state index in [-0.39, 0.29) is 56.0 Å². The van der Waals surface area contributed by atoms with E-state index in [1.165, 1.54) is 30.4 Å². The van der Waals surface area contributed by atoms with E-state index >= 15 is 0 Å². The second-order valence-electron chi connectivity index (χ2n) is 10.3. The molecule has 0 atom stereocenters. The largest absolute Gasteiger partial charge is 0.460 e. The smallest absolute Gasteiger partial charge is 0.416 e. The highest BCUT2D eigenvalue weighted by molar-refractivity contribution is 6.12. The van der Waals surface area contributed by atoms with E-state index in [9.17, 15) is 27.6 Å². The first-order valence-corrected chi connectivity index (χ1v) is 16.0.